The number of nitrogen functional groups attached to an aromatic ring is 1. The molecule has 0 aliphatic rings. The van der Waals surface area contributed by atoms with Crippen LogP contribution in [0.5, 0.6) is 6.01 Å². The molecule has 0 unspecified atom stereocenters. The van der Waals surface area contributed by atoms with Crippen molar-refractivity contribution in [1.82, 2.24) is 20.2 Å². The van der Waals surface area contributed by atoms with Crippen molar-refractivity contribution in [2.24, 2.45) is 0 Å². The third-order valence-corrected chi connectivity index (χ3v) is 2.38. The van der Waals surface area contributed by atoms with E-state index < -0.39 is 0 Å². The minimum Gasteiger partial charge on any atom is -0.467 e. The lowest BCUT2D eigenvalue weighted by Gasteiger charge is -2.07. The molecule has 90 valence electrons. The van der Waals surface area contributed by atoms with Crippen molar-refractivity contribution in [2.75, 3.05) is 18.2 Å². The summed E-state index contributed by atoms with van der Waals surface area (Å²) in [6.07, 6.45) is 3.10. The number of ether oxygens (including phenoxy) is 1. The average Bonchev–Trinajstić information content (AvgIpc) is 2.74. The van der Waals surface area contributed by atoms with E-state index in [0.29, 0.717) is 23.2 Å². The van der Waals surface area contributed by atoms with Gasteiger partial charge in [-0.1, -0.05) is 11.6 Å². The van der Waals surface area contributed by atoms with Gasteiger partial charge >= 0.3 is 6.01 Å². The van der Waals surface area contributed by atoms with Gasteiger partial charge in [0.15, 0.2) is 5.82 Å². The van der Waals surface area contributed by atoms with Gasteiger partial charge in [0.1, 0.15) is 10.8 Å². The third-order valence-electron chi connectivity index (χ3n) is 2.10. The Balaban J connectivity index is 2.11. The van der Waals surface area contributed by atoms with Gasteiger partial charge < -0.3 is 15.8 Å². The number of nitrogens with one attached hydrogen (secondary N) is 2. The number of hydrogen-bond acceptors (Lipinski definition) is 6. The molecule has 0 bridgehead atoms. The van der Waals surface area contributed by atoms with Crippen LogP contribution in [0.25, 0.3) is 0 Å². The third kappa shape index (κ3) is 2.56. The molecule has 0 saturated heterocycles. The van der Waals surface area contributed by atoms with Crippen molar-refractivity contribution >= 4 is 23.2 Å². The van der Waals surface area contributed by atoms with E-state index >= 15 is 0 Å². The number of aromatic nitrogens is 4. The Hall–Kier alpha value is -2.02. The van der Waals surface area contributed by atoms with Crippen molar-refractivity contribution in [3.63, 3.8) is 0 Å². The van der Waals surface area contributed by atoms with Crippen LogP contribution < -0.4 is 15.8 Å². The highest BCUT2D eigenvalue weighted by Crippen LogP contribution is 2.21. The summed E-state index contributed by atoms with van der Waals surface area (Å²) in [4.78, 5) is 7.94. The van der Waals surface area contributed by atoms with Crippen LogP contribution in [0.4, 0.5) is 11.6 Å². The van der Waals surface area contributed by atoms with Crippen LogP contribution in [-0.4, -0.2) is 27.3 Å². The molecular weight excluding hydrogens is 244 g/mol. The summed E-state index contributed by atoms with van der Waals surface area (Å²) in [6, 6.07) is 0.247. The van der Waals surface area contributed by atoms with Crippen LogP contribution in [0.3, 0.4) is 0 Å². The summed E-state index contributed by atoms with van der Waals surface area (Å²) in [5, 5.41) is 9.89. The number of hydrogen-bond donors (Lipinski definition) is 3. The molecule has 0 spiro atoms. The van der Waals surface area contributed by atoms with Crippen LogP contribution in [0, 0.1) is 0 Å². The van der Waals surface area contributed by atoms with E-state index in [1.165, 1.54) is 13.3 Å². The van der Waals surface area contributed by atoms with Crippen molar-refractivity contribution in [2.45, 2.75) is 6.54 Å². The first-order chi connectivity index (χ1) is 8.20. The second-order valence-corrected chi connectivity index (χ2v) is 3.62. The monoisotopic (exact) mass is 254 g/mol. The summed E-state index contributed by atoms with van der Waals surface area (Å²) < 4.78 is 4.91. The molecule has 0 aliphatic heterocycles. The van der Waals surface area contributed by atoms with Crippen LogP contribution in [0.15, 0.2) is 12.4 Å². The van der Waals surface area contributed by atoms with E-state index in [0.717, 1.165) is 5.56 Å². The first-order valence-electron chi connectivity index (χ1n) is 4.79. The van der Waals surface area contributed by atoms with Gasteiger partial charge in [0, 0.05) is 12.1 Å². The molecule has 0 aromatic carbocycles. The quantitative estimate of drug-likeness (QED) is 0.754. The highest BCUT2D eigenvalue weighted by molar-refractivity contribution is 6.32. The molecule has 8 heteroatoms. The Labute approximate surface area is 102 Å². The van der Waals surface area contributed by atoms with Gasteiger partial charge in [0.25, 0.3) is 0 Å². The second-order valence-electron chi connectivity index (χ2n) is 3.22. The van der Waals surface area contributed by atoms with Crippen molar-refractivity contribution in [1.29, 1.82) is 0 Å². The SMILES string of the molecule is COc1ncc(Cl)c(NCc2cn[nH]c2N)n1. The lowest BCUT2D eigenvalue weighted by Crippen LogP contribution is -2.05. The number of nitrogens with zero attached hydrogens (tertiary/aromatic N) is 3. The molecule has 0 saturated carbocycles. The van der Waals surface area contributed by atoms with E-state index in [1.807, 2.05) is 0 Å². The molecule has 0 atom stereocenters. The van der Waals surface area contributed by atoms with Gasteiger partial charge in [-0.15, -0.1) is 0 Å². The zero-order valence-electron chi connectivity index (χ0n) is 9.07. The lowest BCUT2D eigenvalue weighted by atomic mass is 10.3. The van der Waals surface area contributed by atoms with E-state index in [4.69, 9.17) is 22.1 Å². The van der Waals surface area contributed by atoms with E-state index in [1.54, 1.807) is 6.20 Å². The highest BCUT2D eigenvalue weighted by Gasteiger charge is 2.07. The van der Waals surface area contributed by atoms with Crippen molar-refractivity contribution < 1.29 is 4.74 Å². The largest absolute Gasteiger partial charge is 0.467 e. The maximum atomic E-state index is 5.94. The Morgan fingerprint density at radius 1 is 1.53 bits per heavy atom. The van der Waals surface area contributed by atoms with E-state index in [2.05, 4.69) is 25.5 Å². The fraction of sp³-hybridized carbons (Fsp3) is 0.222. The Morgan fingerprint density at radius 3 is 3.00 bits per heavy atom. The van der Waals surface area contributed by atoms with Gasteiger partial charge in [-0.25, -0.2) is 4.98 Å². The number of nitrogens with two attached hydrogens (primary N) is 1. The number of methoxy groups -OCH3 is 1. The highest BCUT2D eigenvalue weighted by atomic mass is 35.5. The number of halogens is 1. The first-order valence-corrected chi connectivity index (χ1v) is 5.16. The predicted octanol–water partition coefficient (Wildman–Crippen LogP) is 1.06. The summed E-state index contributed by atoms with van der Waals surface area (Å²) in [5.74, 6) is 0.994. The molecular formula is C9H11ClN6O. The summed E-state index contributed by atoms with van der Waals surface area (Å²) >= 11 is 5.94. The molecule has 2 rings (SSSR count). The number of anilines is 2. The Bertz CT molecular complexity index is 514. The average molecular weight is 255 g/mol. The van der Waals surface area contributed by atoms with E-state index in [-0.39, 0.29) is 6.01 Å². The lowest BCUT2D eigenvalue weighted by molar-refractivity contribution is 0.380. The minimum absolute atomic E-state index is 0.247. The van der Waals surface area contributed by atoms with Gasteiger partial charge in [-0.05, 0) is 0 Å². The normalized spacial score (nSPS) is 10.2. The van der Waals surface area contributed by atoms with Gasteiger partial charge in [0.05, 0.1) is 19.5 Å². The summed E-state index contributed by atoms with van der Waals surface area (Å²) in [7, 11) is 1.49. The molecule has 17 heavy (non-hydrogen) atoms. The smallest absolute Gasteiger partial charge is 0.318 e. The number of aromatic amines is 1. The van der Waals surface area contributed by atoms with Crippen LogP contribution in [0.2, 0.25) is 5.02 Å². The molecule has 0 radical (unpaired) electrons. The molecule has 2 aromatic rings. The maximum Gasteiger partial charge on any atom is 0.318 e. The molecule has 0 aliphatic carbocycles. The van der Waals surface area contributed by atoms with Crippen LogP contribution in [0.1, 0.15) is 5.56 Å². The second kappa shape index (κ2) is 4.88. The predicted molar refractivity (Wildman–Crippen MR) is 63.9 cm³/mol. The minimum atomic E-state index is 0.247. The van der Waals surface area contributed by atoms with Gasteiger partial charge in [-0.2, -0.15) is 10.1 Å². The summed E-state index contributed by atoms with van der Waals surface area (Å²) in [6.45, 7) is 0.461. The zero-order valence-corrected chi connectivity index (χ0v) is 9.82. The topological polar surface area (TPSA) is 102 Å². The van der Waals surface area contributed by atoms with Gasteiger partial charge in [-0.3, -0.25) is 5.10 Å². The molecule has 7 nitrogen and oxygen atoms in total. The zero-order chi connectivity index (χ0) is 12.3. The van der Waals surface area contributed by atoms with Gasteiger partial charge in [0.2, 0.25) is 0 Å². The number of H-pyrrole nitrogens is 1. The van der Waals surface area contributed by atoms with Crippen LogP contribution >= 0.6 is 11.6 Å². The Kier molecular flexibility index (Phi) is 3.29. The molecule has 2 aromatic heterocycles. The first kappa shape index (κ1) is 11.5. The fourth-order valence-electron chi connectivity index (χ4n) is 1.21. The standard InChI is InChI=1S/C9H11ClN6O/c1-17-9-13-4-6(10)8(15-9)12-2-5-3-14-16-7(5)11/h3-4H,2H2,1H3,(H3,11,14,16)(H,12,13,15). The maximum absolute atomic E-state index is 5.94. The summed E-state index contributed by atoms with van der Waals surface area (Å²) in [5.41, 5.74) is 6.48. The van der Waals surface area contributed by atoms with E-state index in [9.17, 15) is 0 Å². The van der Waals surface area contributed by atoms with Crippen molar-refractivity contribution in [3.05, 3.63) is 23.0 Å². The van der Waals surface area contributed by atoms with Crippen molar-refractivity contribution in [3.8, 4) is 6.01 Å². The molecule has 4 N–H and O–H groups in total. The molecule has 0 amide bonds. The molecule has 0 fully saturated rings. The van der Waals surface area contributed by atoms with Crippen LogP contribution in [-0.2, 0) is 6.54 Å². The Morgan fingerprint density at radius 2 is 2.35 bits per heavy atom. The number of rotatable bonds is 4. The molecule has 2 heterocycles. The fourth-order valence-corrected chi connectivity index (χ4v) is 1.37.